The Morgan fingerprint density at radius 1 is 0.788 bits per heavy atom. The van der Waals surface area contributed by atoms with E-state index in [-0.39, 0.29) is 36.1 Å². The first kappa shape index (κ1) is 25.8. The highest BCUT2D eigenvalue weighted by molar-refractivity contribution is 6.20. The molecule has 0 bridgehead atoms. The van der Waals surface area contributed by atoms with E-state index in [0.29, 0.717) is 12.8 Å². The molecule has 0 saturated carbocycles. The number of anilines is 2. The van der Waals surface area contributed by atoms with Crippen molar-refractivity contribution in [2.45, 2.75) is 39.5 Å². The van der Waals surface area contributed by atoms with E-state index in [4.69, 9.17) is 18.8 Å². The quantitative estimate of drug-likeness (QED) is 0.312. The van der Waals surface area contributed by atoms with Gasteiger partial charge in [-0.1, -0.05) is 26.7 Å². The third-order valence-corrected chi connectivity index (χ3v) is 4.19. The summed E-state index contributed by atoms with van der Waals surface area (Å²) in [7, 11) is 0.891. The molecule has 0 spiro atoms. The van der Waals surface area contributed by atoms with E-state index in [1.165, 1.54) is 24.3 Å². The van der Waals surface area contributed by atoms with Gasteiger partial charge in [0.1, 0.15) is 23.1 Å². The average molecular weight is 463 g/mol. The lowest BCUT2D eigenvalue weighted by atomic mass is 10.2. The standard InChI is InChI=1S/C22H26BF2N2O6/c1-3-5-11-30-21(28)26-19-9-7-15(13-17(19)24)32-23-33-16-8-10-20(18(25)14-16)27-22(29)31-12-6-4-2/h7-10,13-14H,3-6,11-12H2,1-2H3,(H,26,28)(H,27,29). The van der Waals surface area contributed by atoms with Crippen LogP contribution in [-0.4, -0.2) is 33.1 Å². The number of carbonyl (C=O) groups is 2. The van der Waals surface area contributed by atoms with E-state index in [0.717, 1.165) is 32.7 Å². The summed E-state index contributed by atoms with van der Waals surface area (Å²) in [6.07, 6.45) is 1.67. The second kappa shape index (κ2) is 13.8. The molecule has 2 rings (SSSR count). The minimum atomic E-state index is -0.750. The molecule has 33 heavy (non-hydrogen) atoms. The van der Waals surface area contributed by atoms with Crippen LogP contribution in [0.3, 0.4) is 0 Å². The lowest BCUT2D eigenvalue weighted by Gasteiger charge is -2.11. The number of unbranched alkanes of at least 4 members (excludes halogenated alkanes) is 2. The fraction of sp³-hybridized carbons (Fsp3) is 0.364. The lowest BCUT2D eigenvalue weighted by Crippen LogP contribution is -2.16. The van der Waals surface area contributed by atoms with Crippen LogP contribution in [0.2, 0.25) is 0 Å². The zero-order valence-electron chi connectivity index (χ0n) is 18.5. The fourth-order valence-electron chi connectivity index (χ4n) is 2.39. The second-order valence-electron chi connectivity index (χ2n) is 6.84. The lowest BCUT2D eigenvalue weighted by molar-refractivity contribution is 0.159. The number of hydrogen-bond acceptors (Lipinski definition) is 6. The van der Waals surface area contributed by atoms with E-state index < -0.39 is 23.8 Å². The predicted octanol–water partition coefficient (Wildman–Crippen LogP) is 5.65. The summed E-state index contributed by atoms with van der Waals surface area (Å²) in [6.45, 7) is 4.41. The van der Waals surface area contributed by atoms with Gasteiger partial charge in [-0.3, -0.25) is 10.6 Å². The van der Waals surface area contributed by atoms with Gasteiger partial charge in [0, 0.05) is 12.1 Å². The van der Waals surface area contributed by atoms with E-state index >= 15 is 0 Å². The largest absolute Gasteiger partial charge is 0.658 e. The van der Waals surface area contributed by atoms with Crippen LogP contribution in [0.1, 0.15) is 39.5 Å². The summed E-state index contributed by atoms with van der Waals surface area (Å²) < 4.78 is 48.5. The average Bonchev–Trinajstić information content (AvgIpc) is 2.78. The van der Waals surface area contributed by atoms with Gasteiger partial charge in [0.25, 0.3) is 0 Å². The smallest absolute Gasteiger partial charge is 0.526 e. The first-order chi connectivity index (χ1) is 15.9. The maximum atomic E-state index is 14.1. The molecular weight excluding hydrogens is 437 g/mol. The Balaban J connectivity index is 1.81. The Labute approximate surface area is 191 Å². The molecule has 177 valence electrons. The number of hydrogen-bond donors (Lipinski definition) is 2. The SMILES string of the molecule is CCCCOC(=O)Nc1ccc(O[B]Oc2ccc(NC(=O)OCCCC)c(F)c2)cc1F. The van der Waals surface area contributed by atoms with Gasteiger partial charge < -0.3 is 18.8 Å². The summed E-state index contributed by atoms with van der Waals surface area (Å²) in [4.78, 5) is 23.2. The van der Waals surface area contributed by atoms with E-state index in [1.54, 1.807) is 0 Å². The molecule has 8 nitrogen and oxygen atoms in total. The molecule has 2 aromatic rings. The topological polar surface area (TPSA) is 95.1 Å². The second-order valence-corrected chi connectivity index (χ2v) is 6.84. The minimum absolute atomic E-state index is 0.0665. The Bertz CT molecular complexity index is 858. The fourth-order valence-corrected chi connectivity index (χ4v) is 2.39. The van der Waals surface area contributed by atoms with Crippen molar-refractivity contribution in [3.8, 4) is 11.5 Å². The van der Waals surface area contributed by atoms with Crippen LogP contribution >= 0.6 is 0 Å². The van der Waals surface area contributed by atoms with Crippen LogP contribution in [0.4, 0.5) is 29.7 Å². The molecular formula is C22H26BF2N2O6. The number of rotatable bonds is 12. The third-order valence-electron chi connectivity index (χ3n) is 4.19. The van der Waals surface area contributed by atoms with Gasteiger partial charge in [0.15, 0.2) is 0 Å². The Hall–Kier alpha value is -3.50. The molecule has 1 radical (unpaired) electrons. The highest BCUT2D eigenvalue weighted by Gasteiger charge is 2.12. The zero-order valence-corrected chi connectivity index (χ0v) is 18.5. The van der Waals surface area contributed by atoms with Crippen molar-refractivity contribution < 1.29 is 37.2 Å². The Kier molecular flexibility index (Phi) is 10.8. The number of carbonyl (C=O) groups excluding carboxylic acids is 2. The molecule has 0 saturated heterocycles. The number of ether oxygens (including phenoxy) is 2. The number of benzene rings is 2. The summed E-state index contributed by atoms with van der Waals surface area (Å²) in [5.41, 5.74) is -0.133. The summed E-state index contributed by atoms with van der Waals surface area (Å²) >= 11 is 0. The van der Waals surface area contributed by atoms with Gasteiger partial charge in [-0.2, -0.15) is 0 Å². The van der Waals surface area contributed by atoms with Gasteiger partial charge in [-0.15, -0.1) is 0 Å². The maximum absolute atomic E-state index is 14.1. The molecule has 11 heteroatoms. The summed E-state index contributed by atoms with van der Waals surface area (Å²) in [5, 5.41) is 4.61. The van der Waals surface area contributed by atoms with Crippen molar-refractivity contribution in [2.24, 2.45) is 0 Å². The first-order valence-electron chi connectivity index (χ1n) is 10.5. The van der Waals surface area contributed by atoms with Gasteiger partial charge in [0.05, 0.1) is 24.6 Å². The van der Waals surface area contributed by atoms with E-state index in [9.17, 15) is 18.4 Å². The predicted molar refractivity (Wildman–Crippen MR) is 120 cm³/mol. The maximum Gasteiger partial charge on any atom is 0.658 e. The highest BCUT2D eigenvalue weighted by atomic mass is 19.1. The molecule has 0 unspecified atom stereocenters. The molecule has 0 fully saturated rings. The molecule has 0 aliphatic carbocycles. The van der Waals surface area contributed by atoms with Crippen LogP contribution < -0.4 is 19.9 Å². The van der Waals surface area contributed by atoms with Crippen molar-refractivity contribution >= 4 is 31.2 Å². The molecule has 0 aromatic heterocycles. The van der Waals surface area contributed by atoms with Gasteiger partial charge >= 0.3 is 19.9 Å². The van der Waals surface area contributed by atoms with Crippen LogP contribution in [0, 0.1) is 11.6 Å². The number of amides is 2. The highest BCUT2D eigenvalue weighted by Crippen LogP contribution is 2.23. The normalized spacial score (nSPS) is 10.2. The van der Waals surface area contributed by atoms with E-state index in [2.05, 4.69) is 10.6 Å². The van der Waals surface area contributed by atoms with Crippen LogP contribution in [0.5, 0.6) is 11.5 Å². The van der Waals surface area contributed by atoms with Crippen molar-refractivity contribution in [1.82, 2.24) is 0 Å². The summed E-state index contributed by atoms with van der Waals surface area (Å²) in [6, 6.07) is 7.50. The Morgan fingerprint density at radius 2 is 1.21 bits per heavy atom. The molecule has 0 heterocycles. The van der Waals surface area contributed by atoms with Gasteiger partial charge in [-0.05, 0) is 37.1 Å². The number of nitrogens with one attached hydrogen (secondary N) is 2. The van der Waals surface area contributed by atoms with Crippen LogP contribution in [-0.2, 0) is 9.47 Å². The van der Waals surface area contributed by atoms with Gasteiger partial charge in [0.2, 0.25) is 0 Å². The van der Waals surface area contributed by atoms with Crippen LogP contribution in [0.25, 0.3) is 0 Å². The van der Waals surface area contributed by atoms with E-state index in [1.807, 2.05) is 13.8 Å². The molecule has 0 atom stereocenters. The minimum Gasteiger partial charge on any atom is -0.526 e. The molecule has 2 amide bonds. The van der Waals surface area contributed by atoms with Crippen molar-refractivity contribution in [1.29, 1.82) is 0 Å². The molecule has 0 aliphatic heterocycles. The first-order valence-corrected chi connectivity index (χ1v) is 10.5. The summed E-state index contributed by atoms with van der Waals surface area (Å²) in [5.74, 6) is -1.29. The van der Waals surface area contributed by atoms with Crippen molar-refractivity contribution in [3.05, 3.63) is 48.0 Å². The molecule has 2 N–H and O–H groups in total. The Morgan fingerprint density at radius 3 is 1.58 bits per heavy atom. The molecule has 2 aromatic carbocycles. The molecule has 0 aliphatic rings. The third kappa shape index (κ3) is 9.26. The zero-order chi connectivity index (χ0) is 24.1. The van der Waals surface area contributed by atoms with Gasteiger partial charge in [-0.25, -0.2) is 18.4 Å². The monoisotopic (exact) mass is 463 g/mol. The van der Waals surface area contributed by atoms with Crippen molar-refractivity contribution in [2.75, 3.05) is 23.8 Å². The van der Waals surface area contributed by atoms with Crippen LogP contribution in [0.15, 0.2) is 36.4 Å². The van der Waals surface area contributed by atoms with Crippen molar-refractivity contribution in [3.63, 3.8) is 0 Å². The number of halogens is 2.